The van der Waals surface area contributed by atoms with Gasteiger partial charge in [0.25, 0.3) is 11.8 Å². The van der Waals surface area contributed by atoms with E-state index in [-0.39, 0.29) is 5.57 Å². The lowest BCUT2D eigenvalue weighted by Crippen LogP contribution is -2.54. The number of nitrogens with one attached hydrogen (secondary N) is 1. The van der Waals surface area contributed by atoms with Crippen LogP contribution in [0.2, 0.25) is 0 Å². The number of carbonyl (C=O) groups excluding carboxylic acids is 3. The van der Waals surface area contributed by atoms with Gasteiger partial charge in [-0.15, -0.1) is 0 Å². The minimum Gasteiger partial charge on any atom is -0.493 e. The molecule has 1 aliphatic rings. The number of amides is 4. The van der Waals surface area contributed by atoms with Crippen LogP contribution in [0.1, 0.15) is 22.3 Å². The lowest BCUT2D eigenvalue weighted by Gasteiger charge is -2.27. The number of benzene rings is 4. The molecule has 5 rings (SSSR count). The lowest BCUT2D eigenvalue weighted by atomic mass is 10.0. The van der Waals surface area contributed by atoms with E-state index in [0.29, 0.717) is 33.8 Å². The first kappa shape index (κ1) is 26.2. The molecule has 8 heteroatoms. The number of imide groups is 2. The first-order valence-corrected chi connectivity index (χ1v) is 13.0. The molecule has 39 heavy (non-hydrogen) atoms. The number of nitrogens with zero attached hydrogens (tertiary/aromatic N) is 1. The first-order chi connectivity index (χ1) is 18.7. The molecule has 0 bridgehead atoms. The van der Waals surface area contributed by atoms with Crippen molar-refractivity contribution in [2.24, 2.45) is 0 Å². The zero-order valence-electron chi connectivity index (χ0n) is 21.6. The topological polar surface area (TPSA) is 84.9 Å². The number of carbonyl (C=O) groups is 3. The molecule has 196 valence electrons. The lowest BCUT2D eigenvalue weighted by molar-refractivity contribution is -0.122. The summed E-state index contributed by atoms with van der Waals surface area (Å²) in [5.41, 5.74) is 3.54. The van der Waals surface area contributed by atoms with E-state index in [9.17, 15) is 14.4 Å². The molecule has 0 unspecified atom stereocenters. The maximum Gasteiger partial charge on any atom is 0.335 e. The number of halogens is 1. The number of fused-ring (bicyclic) bond motifs is 1. The Morgan fingerprint density at radius 3 is 2.38 bits per heavy atom. The number of ether oxygens (including phenoxy) is 2. The van der Waals surface area contributed by atoms with Gasteiger partial charge >= 0.3 is 6.03 Å². The predicted molar refractivity (Wildman–Crippen MR) is 154 cm³/mol. The number of aryl methyl sites for hydroxylation is 2. The Morgan fingerprint density at radius 1 is 0.923 bits per heavy atom. The second kappa shape index (κ2) is 10.7. The highest BCUT2D eigenvalue weighted by molar-refractivity contribution is 9.10. The highest BCUT2D eigenvalue weighted by atomic mass is 79.9. The Labute approximate surface area is 234 Å². The van der Waals surface area contributed by atoms with Gasteiger partial charge in [0.2, 0.25) is 0 Å². The number of rotatable bonds is 6. The van der Waals surface area contributed by atoms with E-state index < -0.39 is 17.8 Å². The zero-order valence-corrected chi connectivity index (χ0v) is 23.2. The molecule has 4 amide bonds. The molecule has 4 aromatic carbocycles. The Kier molecular flexibility index (Phi) is 7.21. The summed E-state index contributed by atoms with van der Waals surface area (Å²) in [7, 11) is 1.52. The molecule has 1 aliphatic heterocycles. The molecule has 0 atom stereocenters. The van der Waals surface area contributed by atoms with Crippen LogP contribution in [0, 0.1) is 13.8 Å². The van der Waals surface area contributed by atoms with Crippen molar-refractivity contribution in [1.29, 1.82) is 0 Å². The number of methoxy groups -OCH3 is 1. The average molecular weight is 585 g/mol. The fraction of sp³-hybridized carbons (Fsp3) is 0.129. The first-order valence-electron chi connectivity index (χ1n) is 12.2. The quantitative estimate of drug-likeness (QED) is 0.207. The Bertz CT molecular complexity index is 1650. The van der Waals surface area contributed by atoms with Crippen molar-refractivity contribution in [3.8, 4) is 11.5 Å². The van der Waals surface area contributed by atoms with Gasteiger partial charge in [0.15, 0.2) is 11.5 Å². The molecule has 4 aromatic rings. The average Bonchev–Trinajstić information content (AvgIpc) is 2.89. The molecule has 1 heterocycles. The van der Waals surface area contributed by atoms with Crippen molar-refractivity contribution in [1.82, 2.24) is 5.32 Å². The summed E-state index contributed by atoms with van der Waals surface area (Å²) in [6.07, 6.45) is 1.43. The van der Waals surface area contributed by atoms with Crippen LogP contribution in [0.15, 0.2) is 82.8 Å². The normalized spacial score (nSPS) is 14.6. The molecule has 0 aromatic heterocycles. The summed E-state index contributed by atoms with van der Waals surface area (Å²) in [5.74, 6) is -0.571. The Morgan fingerprint density at radius 2 is 1.64 bits per heavy atom. The van der Waals surface area contributed by atoms with E-state index in [1.165, 1.54) is 13.2 Å². The molecular weight excluding hydrogens is 560 g/mol. The molecular formula is C31H25BrN2O5. The Hall–Kier alpha value is -4.43. The van der Waals surface area contributed by atoms with Crippen LogP contribution in [-0.2, 0) is 16.2 Å². The summed E-state index contributed by atoms with van der Waals surface area (Å²) < 4.78 is 12.3. The van der Waals surface area contributed by atoms with Gasteiger partial charge in [0.05, 0.1) is 17.3 Å². The second-order valence-corrected chi connectivity index (χ2v) is 10.1. The van der Waals surface area contributed by atoms with Crippen molar-refractivity contribution in [3.63, 3.8) is 0 Å². The van der Waals surface area contributed by atoms with Gasteiger partial charge in [-0.3, -0.25) is 14.9 Å². The van der Waals surface area contributed by atoms with Crippen LogP contribution in [0.5, 0.6) is 11.5 Å². The van der Waals surface area contributed by atoms with Gasteiger partial charge in [-0.1, -0.05) is 48.5 Å². The van der Waals surface area contributed by atoms with Gasteiger partial charge in [-0.2, -0.15) is 0 Å². The van der Waals surface area contributed by atoms with E-state index in [1.54, 1.807) is 24.3 Å². The van der Waals surface area contributed by atoms with Gasteiger partial charge in [0.1, 0.15) is 12.2 Å². The number of barbiturate groups is 1. The summed E-state index contributed by atoms with van der Waals surface area (Å²) >= 11 is 3.55. The van der Waals surface area contributed by atoms with E-state index in [0.717, 1.165) is 32.4 Å². The van der Waals surface area contributed by atoms with E-state index in [2.05, 4.69) is 33.4 Å². The smallest absolute Gasteiger partial charge is 0.335 e. The minimum absolute atomic E-state index is 0.174. The standard InChI is InChI=1S/C31H25BrN2O5/c1-18-11-19(2)13-23(12-18)34-30(36)25(29(35)33-31(34)37)14-20-15-26(32)28(27(16-20)38-3)39-17-22-9-6-8-21-7-4-5-10-24(21)22/h4-16H,17H2,1-3H3,(H,33,35,37)/b25-14-. The number of urea groups is 1. The van der Waals surface area contributed by atoms with Crippen LogP contribution in [0.3, 0.4) is 0 Å². The summed E-state index contributed by atoms with van der Waals surface area (Å²) in [6, 6.07) is 22.1. The third kappa shape index (κ3) is 5.28. The van der Waals surface area contributed by atoms with Crippen molar-refractivity contribution >= 4 is 56.3 Å². The summed E-state index contributed by atoms with van der Waals surface area (Å²) in [4.78, 5) is 39.6. The molecule has 0 aliphatic carbocycles. The maximum atomic E-state index is 13.4. The van der Waals surface area contributed by atoms with Crippen LogP contribution >= 0.6 is 15.9 Å². The summed E-state index contributed by atoms with van der Waals surface area (Å²) in [5, 5.41) is 4.49. The van der Waals surface area contributed by atoms with Crippen molar-refractivity contribution < 1.29 is 23.9 Å². The van der Waals surface area contributed by atoms with Crippen LogP contribution < -0.4 is 19.7 Å². The highest BCUT2D eigenvalue weighted by Crippen LogP contribution is 2.38. The minimum atomic E-state index is -0.789. The van der Waals surface area contributed by atoms with E-state index in [4.69, 9.17) is 9.47 Å². The SMILES string of the molecule is COc1cc(/C=C2/C(=O)NC(=O)N(c3cc(C)cc(C)c3)C2=O)cc(Br)c1OCc1cccc2ccccc12. The number of hydrogen-bond donors (Lipinski definition) is 1. The van der Waals surface area contributed by atoms with Crippen molar-refractivity contribution in [2.75, 3.05) is 12.0 Å². The fourth-order valence-corrected chi connectivity index (χ4v) is 5.24. The van der Waals surface area contributed by atoms with Gasteiger partial charge in [-0.05, 0) is 93.1 Å². The number of hydrogen-bond acceptors (Lipinski definition) is 5. The molecule has 0 radical (unpaired) electrons. The van der Waals surface area contributed by atoms with Crippen LogP contribution in [0.4, 0.5) is 10.5 Å². The summed E-state index contributed by atoms with van der Waals surface area (Å²) in [6.45, 7) is 4.06. The molecule has 0 saturated carbocycles. The van der Waals surface area contributed by atoms with Crippen molar-refractivity contribution in [3.05, 3.63) is 105 Å². The molecule has 0 spiro atoms. The molecule has 1 fully saturated rings. The molecule has 7 nitrogen and oxygen atoms in total. The van der Waals surface area contributed by atoms with Crippen molar-refractivity contribution in [2.45, 2.75) is 20.5 Å². The fourth-order valence-electron chi connectivity index (χ4n) is 4.67. The predicted octanol–water partition coefficient (Wildman–Crippen LogP) is 6.47. The Balaban J connectivity index is 1.45. The highest BCUT2D eigenvalue weighted by Gasteiger charge is 2.37. The number of anilines is 1. The maximum absolute atomic E-state index is 13.4. The second-order valence-electron chi connectivity index (χ2n) is 9.26. The van der Waals surface area contributed by atoms with E-state index in [1.807, 2.05) is 50.2 Å². The zero-order chi connectivity index (χ0) is 27.7. The van der Waals surface area contributed by atoms with Crippen LogP contribution in [-0.4, -0.2) is 25.0 Å². The van der Waals surface area contributed by atoms with E-state index >= 15 is 0 Å². The van der Waals surface area contributed by atoms with Crippen LogP contribution in [0.25, 0.3) is 16.8 Å². The third-order valence-corrected chi connectivity index (χ3v) is 6.97. The van der Waals surface area contributed by atoms with Gasteiger partial charge in [-0.25, -0.2) is 9.69 Å². The molecule has 1 saturated heterocycles. The third-order valence-electron chi connectivity index (χ3n) is 6.38. The largest absolute Gasteiger partial charge is 0.493 e. The van der Waals surface area contributed by atoms with Gasteiger partial charge < -0.3 is 9.47 Å². The van der Waals surface area contributed by atoms with Gasteiger partial charge in [0, 0.05) is 0 Å². The molecule has 1 N–H and O–H groups in total. The monoisotopic (exact) mass is 584 g/mol.